The lowest BCUT2D eigenvalue weighted by Crippen LogP contribution is -2.17. The highest BCUT2D eigenvalue weighted by Crippen LogP contribution is 2.26. The number of halogens is 3. The van der Waals surface area contributed by atoms with Crippen LogP contribution in [0.15, 0.2) is 18.2 Å². The summed E-state index contributed by atoms with van der Waals surface area (Å²) in [4.78, 5) is 10.3. The van der Waals surface area contributed by atoms with Crippen molar-refractivity contribution in [1.29, 1.82) is 5.26 Å². The second-order valence-electron chi connectivity index (χ2n) is 2.53. The molecular weight excluding hydrogens is 211 g/mol. The van der Waals surface area contributed by atoms with E-state index in [1.54, 1.807) is 0 Å². The van der Waals surface area contributed by atoms with Crippen LogP contribution in [0.4, 0.5) is 13.2 Å². The number of nitriles is 1. The molecule has 3 nitrogen and oxygen atoms in total. The van der Waals surface area contributed by atoms with Gasteiger partial charge in [0.2, 0.25) is 0 Å². The van der Waals surface area contributed by atoms with Gasteiger partial charge in [-0.3, -0.25) is 4.79 Å². The van der Waals surface area contributed by atoms with E-state index in [9.17, 15) is 18.0 Å². The molecule has 1 aromatic carbocycles. The fraction of sp³-hybridized carbons (Fsp3) is 0.111. The lowest BCUT2D eigenvalue weighted by Gasteiger charge is -2.09. The number of hydrogen-bond acceptors (Lipinski definition) is 3. The molecule has 0 aromatic heterocycles. The van der Waals surface area contributed by atoms with Crippen molar-refractivity contribution in [2.45, 2.75) is 6.36 Å². The summed E-state index contributed by atoms with van der Waals surface area (Å²) in [6.07, 6.45) is -4.42. The third-order valence-electron chi connectivity index (χ3n) is 1.49. The van der Waals surface area contributed by atoms with Gasteiger partial charge < -0.3 is 4.74 Å². The molecule has 0 saturated carbocycles. The molecular formula is C9H4F3NO2. The van der Waals surface area contributed by atoms with Crippen LogP contribution in [0.2, 0.25) is 0 Å². The fourth-order valence-electron chi connectivity index (χ4n) is 0.922. The predicted octanol–water partition coefficient (Wildman–Crippen LogP) is 2.27. The first kappa shape index (κ1) is 11.0. The molecule has 0 saturated heterocycles. The largest absolute Gasteiger partial charge is 0.573 e. The van der Waals surface area contributed by atoms with Crippen LogP contribution in [0.3, 0.4) is 0 Å². The molecule has 0 aliphatic rings. The minimum Gasteiger partial charge on any atom is -0.404 e. The van der Waals surface area contributed by atoms with Crippen LogP contribution >= 0.6 is 0 Å². The lowest BCUT2D eigenvalue weighted by atomic mass is 10.1. The smallest absolute Gasteiger partial charge is 0.404 e. The van der Waals surface area contributed by atoms with Crippen molar-refractivity contribution in [3.8, 4) is 11.8 Å². The van der Waals surface area contributed by atoms with Gasteiger partial charge in [0.1, 0.15) is 18.1 Å². The minimum atomic E-state index is -4.85. The van der Waals surface area contributed by atoms with E-state index in [1.807, 2.05) is 0 Å². The van der Waals surface area contributed by atoms with Gasteiger partial charge in [0.25, 0.3) is 0 Å². The van der Waals surface area contributed by atoms with Crippen molar-refractivity contribution in [2.75, 3.05) is 0 Å². The summed E-state index contributed by atoms with van der Waals surface area (Å²) in [5, 5.41) is 8.52. The molecule has 0 amide bonds. The average molecular weight is 215 g/mol. The zero-order chi connectivity index (χ0) is 11.5. The van der Waals surface area contributed by atoms with E-state index in [0.29, 0.717) is 6.29 Å². The normalized spacial score (nSPS) is 10.5. The van der Waals surface area contributed by atoms with Crippen molar-refractivity contribution in [3.05, 3.63) is 29.3 Å². The molecule has 1 aromatic rings. The first-order valence-electron chi connectivity index (χ1n) is 3.71. The Kier molecular flexibility index (Phi) is 2.95. The van der Waals surface area contributed by atoms with Gasteiger partial charge in [0, 0.05) is 5.56 Å². The van der Waals surface area contributed by atoms with Gasteiger partial charge in [0.15, 0.2) is 0 Å². The van der Waals surface area contributed by atoms with Crippen LogP contribution in [0.1, 0.15) is 15.9 Å². The Labute approximate surface area is 82.7 Å². The molecule has 0 spiro atoms. The van der Waals surface area contributed by atoms with Gasteiger partial charge in [-0.2, -0.15) is 5.26 Å². The van der Waals surface area contributed by atoms with Crippen LogP contribution in [-0.4, -0.2) is 12.6 Å². The van der Waals surface area contributed by atoms with Gasteiger partial charge >= 0.3 is 6.36 Å². The average Bonchev–Trinajstić information content (AvgIpc) is 2.16. The lowest BCUT2D eigenvalue weighted by molar-refractivity contribution is -0.274. The van der Waals surface area contributed by atoms with E-state index in [-0.39, 0.29) is 11.1 Å². The molecule has 0 heterocycles. The van der Waals surface area contributed by atoms with Gasteiger partial charge in [-0.15, -0.1) is 13.2 Å². The number of ether oxygens (including phenoxy) is 1. The van der Waals surface area contributed by atoms with Gasteiger partial charge in [-0.1, -0.05) is 0 Å². The summed E-state index contributed by atoms with van der Waals surface area (Å²) in [5.41, 5.74) is -0.224. The Morgan fingerprint density at radius 1 is 1.40 bits per heavy atom. The van der Waals surface area contributed by atoms with Crippen LogP contribution in [0, 0.1) is 11.3 Å². The summed E-state index contributed by atoms with van der Waals surface area (Å²) in [6.45, 7) is 0. The maximum atomic E-state index is 11.8. The van der Waals surface area contributed by atoms with Crippen molar-refractivity contribution < 1.29 is 22.7 Å². The number of benzene rings is 1. The van der Waals surface area contributed by atoms with Crippen molar-refractivity contribution in [1.82, 2.24) is 0 Å². The molecule has 0 atom stereocenters. The van der Waals surface area contributed by atoms with E-state index < -0.39 is 12.1 Å². The number of rotatable bonds is 2. The fourth-order valence-corrected chi connectivity index (χ4v) is 0.922. The molecule has 0 fully saturated rings. The number of carbonyl (C=O) groups excluding carboxylic acids is 1. The highest BCUT2D eigenvalue weighted by molar-refractivity contribution is 5.76. The van der Waals surface area contributed by atoms with Crippen molar-refractivity contribution >= 4 is 6.29 Å². The monoisotopic (exact) mass is 215 g/mol. The first-order valence-corrected chi connectivity index (χ1v) is 3.71. The maximum absolute atomic E-state index is 11.8. The molecule has 0 unspecified atom stereocenters. The van der Waals surface area contributed by atoms with Crippen molar-refractivity contribution in [3.63, 3.8) is 0 Å². The number of hydrogen-bond donors (Lipinski definition) is 0. The third kappa shape index (κ3) is 2.98. The van der Waals surface area contributed by atoms with E-state index in [0.717, 1.165) is 18.2 Å². The van der Waals surface area contributed by atoms with Crippen LogP contribution in [0.5, 0.6) is 5.75 Å². The van der Waals surface area contributed by atoms with Crippen LogP contribution in [-0.2, 0) is 0 Å². The summed E-state index contributed by atoms with van der Waals surface area (Å²) in [5.74, 6) is -0.615. The molecule has 0 aliphatic carbocycles. The Morgan fingerprint density at radius 2 is 2.07 bits per heavy atom. The number of carbonyl (C=O) groups is 1. The molecule has 0 bridgehead atoms. The SMILES string of the molecule is N#Cc1cc(C=O)ccc1OC(F)(F)F. The highest BCUT2D eigenvalue weighted by atomic mass is 19.4. The number of alkyl halides is 3. The summed E-state index contributed by atoms with van der Waals surface area (Å²) in [6, 6.07) is 4.59. The van der Waals surface area contributed by atoms with E-state index >= 15 is 0 Å². The summed E-state index contributed by atoms with van der Waals surface area (Å²) >= 11 is 0. The predicted molar refractivity (Wildman–Crippen MR) is 43.2 cm³/mol. The van der Waals surface area contributed by atoms with Crippen LogP contribution in [0.25, 0.3) is 0 Å². The van der Waals surface area contributed by atoms with Crippen LogP contribution < -0.4 is 4.74 Å². The standard InChI is InChI=1S/C9H4F3NO2/c10-9(11,12)15-8-2-1-6(5-14)3-7(8)4-13/h1-3,5H. The molecule has 0 radical (unpaired) electrons. The van der Waals surface area contributed by atoms with Crippen molar-refractivity contribution in [2.24, 2.45) is 0 Å². The highest BCUT2D eigenvalue weighted by Gasteiger charge is 2.32. The molecule has 78 valence electrons. The Hall–Kier alpha value is -2.03. The maximum Gasteiger partial charge on any atom is 0.573 e. The Balaban J connectivity index is 3.10. The van der Waals surface area contributed by atoms with E-state index in [2.05, 4.69) is 4.74 Å². The zero-order valence-corrected chi connectivity index (χ0v) is 7.21. The molecule has 0 N–H and O–H groups in total. The number of nitrogens with zero attached hydrogens (tertiary/aromatic N) is 1. The Bertz CT molecular complexity index is 420. The minimum absolute atomic E-state index is 0.112. The second-order valence-corrected chi connectivity index (χ2v) is 2.53. The van der Waals surface area contributed by atoms with Gasteiger partial charge in [0.05, 0.1) is 5.56 Å². The van der Waals surface area contributed by atoms with Gasteiger partial charge in [-0.05, 0) is 18.2 Å². The molecule has 0 aliphatic heterocycles. The molecule has 1 rings (SSSR count). The second kappa shape index (κ2) is 4.00. The molecule has 6 heteroatoms. The first-order chi connectivity index (χ1) is 6.96. The third-order valence-corrected chi connectivity index (χ3v) is 1.49. The molecule has 15 heavy (non-hydrogen) atoms. The van der Waals surface area contributed by atoms with E-state index in [4.69, 9.17) is 5.26 Å². The van der Waals surface area contributed by atoms with E-state index in [1.165, 1.54) is 6.07 Å². The summed E-state index contributed by atoms with van der Waals surface area (Å²) < 4.78 is 39.1. The topological polar surface area (TPSA) is 50.1 Å². The summed E-state index contributed by atoms with van der Waals surface area (Å²) in [7, 11) is 0. The number of aldehydes is 1. The zero-order valence-electron chi connectivity index (χ0n) is 7.21. The van der Waals surface area contributed by atoms with Gasteiger partial charge in [-0.25, -0.2) is 0 Å². The quantitative estimate of drug-likeness (QED) is 0.711. The Morgan fingerprint density at radius 3 is 2.53 bits per heavy atom.